The van der Waals surface area contributed by atoms with Gasteiger partial charge in [-0.05, 0) is 25.1 Å². The van der Waals surface area contributed by atoms with E-state index in [1.54, 1.807) is 25.4 Å². The summed E-state index contributed by atoms with van der Waals surface area (Å²) in [6.07, 6.45) is 3.26. The highest BCUT2D eigenvalue weighted by atomic mass is 32.1. The fourth-order valence-corrected chi connectivity index (χ4v) is 3.98. The molecule has 0 aliphatic carbocycles. The first-order chi connectivity index (χ1) is 16.6. The molecule has 0 spiro atoms. The summed E-state index contributed by atoms with van der Waals surface area (Å²) in [7, 11) is 0. The normalized spacial score (nSPS) is 10.9. The predicted molar refractivity (Wildman–Crippen MR) is 125 cm³/mol. The number of pyridine rings is 1. The minimum atomic E-state index is -0.368. The Hall–Kier alpha value is -4.45. The highest BCUT2D eigenvalue weighted by Gasteiger charge is 2.20. The highest BCUT2D eigenvalue weighted by Crippen LogP contribution is 2.38. The van der Waals surface area contributed by atoms with Crippen LogP contribution >= 0.6 is 11.3 Å². The Morgan fingerprint density at radius 3 is 2.50 bits per heavy atom. The van der Waals surface area contributed by atoms with Gasteiger partial charge >= 0.3 is 6.03 Å². The summed E-state index contributed by atoms with van der Waals surface area (Å²) >= 11 is 1.36. The molecule has 0 atom stereocenters. The molecule has 11 nitrogen and oxygen atoms in total. The van der Waals surface area contributed by atoms with Crippen molar-refractivity contribution in [2.24, 2.45) is 0 Å². The van der Waals surface area contributed by atoms with E-state index in [0.29, 0.717) is 51.0 Å². The van der Waals surface area contributed by atoms with Crippen molar-refractivity contribution in [1.82, 2.24) is 35.7 Å². The molecule has 0 bridgehead atoms. The minimum Gasteiger partial charge on any atom is -0.420 e. The average molecular weight is 475 g/mol. The highest BCUT2D eigenvalue weighted by molar-refractivity contribution is 7.18. The SMILES string of the molecule is CCNC(=O)Nc1cc(-c2nnc(-c3ccccc3)o2)c(-c2ncc(-c3nnc(C)o3)s2)cn1. The van der Waals surface area contributed by atoms with Gasteiger partial charge in [0.05, 0.1) is 11.8 Å². The fraction of sp³-hybridized carbons (Fsp3) is 0.136. The molecule has 2 amide bonds. The number of hydrogen-bond acceptors (Lipinski definition) is 10. The maximum Gasteiger partial charge on any atom is 0.320 e. The van der Waals surface area contributed by atoms with Crippen LogP contribution in [0.15, 0.2) is 57.6 Å². The summed E-state index contributed by atoms with van der Waals surface area (Å²) in [6, 6.07) is 10.8. The van der Waals surface area contributed by atoms with Gasteiger partial charge in [0.25, 0.3) is 5.89 Å². The predicted octanol–water partition coefficient (Wildman–Crippen LogP) is 4.42. The summed E-state index contributed by atoms with van der Waals surface area (Å²) in [5.74, 6) is 1.81. The second-order valence-electron chi connectivity index (χ2n) is 7.03. The van der Waals surface area contributed by atoms with Crippen LogP contribution in [0.3, 0.4) is 0 Å². The zero-order valence-electron chi connectivity index (χ0n) is 18.1. The molecule has 4 aromatic heterocycles. The monoisotopic (exact) mass is 474 g/mol. The number of nitrogens with one attached hydrogen (secondary N) is 2. The average Bonchev–Trinajstić information content (AvgIpc) is 3.60. The van der Waals surface area contributed by atoms with Gasteiger partial charge < -0.3 is 14.2 Å². The van der Waals surface area contributed by atoms with Crippen molar-refractivity contribution in [3.63, 3.8) is 0 Å². The number of aromatic nitrogens is 6. The molecule has 0 saturated heterocycles. The molecule has 1 aromatic carbocycles. The Kier molecular flexibility index (Phi) is 5.79. The van der Waals surface area contributed by atoms with Gasteiger partial charge in [-0.2, -0.15) is 0 Å². The molecule has 12 heteroatoms. The molecular formula is C22H18N8O3S. The van der Waals surface area contributed by atoms with Crippen molar-refractivity contribution >= 4 is 23.2 Å². The Bertz CT molecular complexity index is 1440. The lowest BCUT2D eigenvalue weighted by Crippen LogP contribution is -2.28. The van der Waals surface area contributed by atoms with Crippen LogP contribution in [-0.2, 0) is 0 Å². The summed E-state index contributed by atoms with van der Waals surface area (Å²) < 4.78 is 11.5. The number of urea groups is 1. The van der Waals surface area contributed by atoms with Gasteiger partial charge in [0.2, 0.25) is 17.7 Å². The fourth-order valence-electron chi connectivity index (χ4n) is 3.12. The van der Waals surface area contributed by atoms with Gasteiger partial charge in [0, 0.05) is 30.8 Å². The molecular weight excluding hydrogens is 456 g/mol. The van der Waals surface area contributed by atoms with E-state index in [1.165, 1.54) is 11.3 Å². The topological polar surface area (TPSA) is 145 Å². The summed E-state index contributed by atoms with van der Waals surface area (Å²) in [5, 5.41) is 22.4. The van der Waals surface area contributed by atoms with Crippen LogP contribution in [0.5, 0.6) is 0 Å². The lowest BCUT2D eigenvalue weighted by Gasteiger charge is -2.08. The lowest BCUT2D eigenvalue weighted by molar-refractivity contribution is 0.252. The Morgan fingerprint density at radius 2 is 1.74 bits per heavy atom. The van der Waals surface area contributed by atoms with E-state index in [4.69, 9.17) is 8.83 Å². The van der Waals surface area contributed by atoms with Crippen molar-refractivity contribution in [3.05, 3.63) is 54.7 Å². The molecule has 4 heterocycles. The van der Waals surface area contributed by atoms with E-state index >= 15 is 0 Å². The van der Waals surface area contributed by atoms with Crippen LogP contribution in [0.4, 0.5) is 10.6 Å². The number of hydrogen-bond donors (Lipinski definition) is 2. The molecule has 0 saturated carbocycles. The van der Waals surface area contributed by atoms with Crippen LogP contribution in [-0.4, -0.2) is 42.9 Å². The van der Waals surface area contributed by atoms with Crippen molar-refractivity contribution in [3.8, 4) is 44.2 Å². The standard InChI is InChI=1S/C22H18N8O3S/c1-3-23-22(31)26-17-9-14(19-29-28-18(33-19)13-7-5-4-6-8-13)15(10-24-17)21-25-11-16(34-21)20-30-27-12(2)32-20/h4-11H,3H2,1-2H3,(H2,23,24,26,31). The zero-order chi connectivity index (χ0) is 23.5. The van der Waals surface area contributed by atoms with Gasteiger partial charge in [-0.3, -0.25) is 5.32 Å². The van der Waals surface area contributed by atoms with E-state index in [1.807, 2.05) is 37.3 Å². The molecule has 0 aliphatic rings. The lowest BCUT2D eigenvalue weighted by atomic mass is 10.1. The number of nitrogens with zero attached hydrogens (tertiary/aromatic N) is 6. The van der Waals surface area contributed by atoms with E-state index in [9.17, 15) is 4.79 Å². The first-order valence-electron chi connectivity index (χ1n) is 10.3. The van der Waals surface area contributed by atoms with Crippen LogP contribution in [0, 0.1) is 6.92 Å². The molecule has 0 aliphatic heterocycles. The summed E-state index contributed by atoms with van der Waals surface area (Å²) in [4.78, 5) is 21.6. The van der Waals surface area contributed by atoms with E-state index in [2.05, 4.69) is 41.0 Å². The molecule has 5 rings (SSSR count). The Balaban J connectivity index is 1.56. The third kappa shape index (κ3) is 4.38. The quantitative estimate of drug-likeness (QED) is 0.365. The molecule has 0 radical (unpaired) electrons. The van der Waals surface area contributed by atoms with E-state index in [-0.39, 0.29) is 11.9 Å². The number of thiazole rings is 1. The number of aryl methyl sites for hydroxylation is 1. The van der Waals surface area contributed by atoms with Gasteiger partial charge in [-0.15, -0.1) is 31.7 Å². The van der Waals surface area contributed by atoms with Gasteiger partial charge in [-0.25, -0.2) is 14.8 Å². The third-order valence-electron chi connectivity index (χ3n) is 4.63. The maximum absolute atomic E-state index is 12.0. The second-order valence-corrected chi connectivity index (χ2v) is 8.06. The Labute approximate surface area is 197 Å². The number of carbonyl (C=O) groups excluding carboxylic acids is 1. The zero-order valence-corrected chi connectivity index (χ0v) is 19.0. The Morgan fingerprint density at radius 1 is 0.941 bits per heavy atom. The molecule has 34 heavy (non-hydrogen) atoms. The molecule has 170 valence electrons. The van der Waals surface area contributed by atoms with Gasteiger partial charge in [0.1, 0.15) is 15.7 Å². The minimum absolute atomic E-state index is 0.264. The van der Waals surface area contributed by atoms with Crippen LogP contribution in [0.25, 0.3) is 44.2 Å². The summed E-state index contributed by atoms with van der Waals surface area (Å²) in [6.45, 7) is 4.04. The molecule has 5 aromatic rings. The number of amides is 2. The van der Waals surface area contributed by atoms with Crippen molar-refractivity contribution < 1.29 is 13.6 Å². The molecule has 0 fully saturated rings. The van der Waals surface area contributed by atoms with Crippen molar-refractivity contribution in [2.75, 3.05) is 11.9 Å². The van der Waals surface area contributed by atoms with Crippen LogP contribution in [0.1, 0.15) is 12.8 Å². The van der Waals surface area contributed by atoms with Crippen molar-refractivity contribution in [1.29, 1.82) is 0 Å². The van der Waals surface area contributed by atoms with Crippen molar-refractivity contribution in [2.45, 2.75) is 13.8 Å². The number of rotatable bonds is 6. The first-order valence-corrected chi connectivity index (χ1v) is 11.1. The third-order valence-corrected chi connectivity index (χ3v) is 5.65. The van der Waals surface area contributed by atoms with Gasteiger partial charge in [-0.1, -0.05) is 18.2 Å². The molecule has 2 N–H and O–H groups in total. The maximum atomic E-state index is 12.0. The van der Waals surface area contributed by atoms with E-state index in [0.717, 1.165) is 5.56 Å². The summed E-state index contributed by atoms with van der Waals surface area (Å²) in [5.41, 5.74) is 2.01. The smallest absolute Gasteiger partial charge is 0.320 e. The number of anilines is 1. The van der Waals surface area contributed by atoms with Crippen LogP contribution in [0.2, 0.25) is 0 Å². The number of carbonyl (C=O) groups is 1. The van der Waals surface area contributed by atoms with E-state index < -0.39 is 0 Å². The molecule has 0 unspecified atom stereocenters. The second kappa shape index (κ2) is 9.19. The van der Waals surface area contributed by atoms with Crippen LogP contribution < -0.4 is 10.6 Å². The van der Waals surface area contributed by atoms with Gasteiger partial charge in [0.15, 0.2) is 0 Å². The number of benzene rings is 1. The largest absolute Gasteiger partial charge is 0.420 e. The first kappa shape index (κ1) is 21.4.